The monoisotopic (exact) mass is 207 g/mol. The predicted octanol–water partition coefficient (Wildman–Crippen LogP) is -0.0944. The SMILES string of the molecule is N#Cc1cc(N)ccc1NC(CO)CO. The summed E-state index contributed by atoms with van der Waals surface area (Å²) in [6.07, 6.45) is 0. The van der Waals surface area contributed by atoms with E-state index < -0.39 is 6.04 Å². The summed E-state index contributed by atoms with van der Waals surface area (Å²) in [6.45, 7) is -0.405. The number of nitrogen functional groups attached to an aromatic ring is 1. The summed E-state index contributed by atoms with van der Waals surface area (Å²) < 4.78 is 0. The van der Waals surface area contributed by atoms with E-state index in [0.29, 0.717) is 16.9 Å². The molecule has 0 unspecified atom stereocenters. The minimum absolute atomic E-state index is 0.203. The zero-order valence-electron chi connectivity index (χ0n) is 8.14. The fourth-order valence-electron chi connectivity index (χ4n) is 1.15. The second kappa shape index (κ2) is 5.20. The van der Waals surface area contributed by atoms with Gasteiger partial charge in [0.05, 0.1) is 30.5 Å². The number of aliphatic hydroxyl groups excluding tert-OH is 2. The highest BCUT2D eigenvalue weighted by atomic mass is 16.3. The molecular weight excluding hydrogens is 194 g/mol. The van der Waals surface area contributed by atoms with Gasteiger partial charge in [0.15, 0.2) is 0 Å². The molecule has 80 valence electrons. The Morgan fingerprint density at radius 2 is 2.07 bits per heavy atom. The van der Waals surface area contributed by atoms with Crippen LogP contribution in [0.5, 0.6) is 0 Å². The Bertz CT molecular complexity index is 369. The molecule has 0 saturated heterocycles. The fourth-order valence-corrected chi connectivity index (χ4v) is 1.15. The molecule has 0 saturated carbocycles. The van der Waals surface area contributed by atoms with Gasteiger partial charge in [-0.1, -0.05) is 0 Å². The standard InChI is InChI=1S/C10H13N3O2/c11-4-7-3-8(12)1-2-10(7)13-9(5-14)6-15/h1-3,9,13-15H,5-6,12H2. The maximum Gasteiger partial charge on any atom is 0.101 e. The van der Waals surface area contributed by atoms with Crippen LogP contribution in [0.15, 0.2) is 18.2 Å². The largest absolute Gasteiger partial charge is 0.399 e. The number of nitriles is 1. The summed E-state index contributed by atoms with van der Waals surface area (Å²) >= 11 is 0. The topological polar surface area (TPSA) is 102 Å². The van der Waals surface area contributed by atoms with Crippen molar-refractivity contribution in [2.45, 2.75) is 6.04 Å². The summed E-state index contributed by atoms with van der Waals surface area (Å²) in [5.74, 6) is 0. The Kier molecular flexibility index (Phi) is 3.92. The maximum atomic E-state index is 8.88. The van der Waals surface area contributed by atoms with Crippen LogP contribution in [-0.4, -0.2) is 29.5 Å². The first-order valence-electron chi connectivity index (χ1n) is 4.49. The van der Waals surface area contributed by atoms with Gasteiger partial charge in [-0.05, 0) is 18.2 Å². The Labute approximate surface area is 87.8 Å². The van der Waals surface area contributed by atoms with Gasteiger partial charge in [0.2, 0.25) is 0 Å². The van der Waals surface area contributed by atoms with E-state index >= 15 is 0 Å². The number of nitrogens with zero attached hydrogens (tertiary/aromatic N) is 1. The number of anilines is 2. The second-order valence-corrected chi connectivity index (χ2v) is 3.12. The lowest BCUT2D eigenvalue weighted by Gasteiger charge is -2.15. The van der Waals surface area contributed by atoms with E-state index in [1.165, 1.54) is 6.07 Å². The van der Waals surface area contributed by atoms with Gasteiger partial charge in [-0.25, -0.2) is 0 Å². The molecule has 0 atom stereocenters. The van der Waals surface area contributed by atoms with Gasteiger partial charge >= 0.3 is 0 Å². The van der Waals surface area contributed by atoms with Gasteiger partial charge in [0, 0.05) is 5.69 Å². The van der Waals surface area contributed by atoms with Crippen molar-refractivity contribution in [2.75, 3.05) is 24.3 Å². The van der Waals surface area contributed by atoms with Gasteiger partial charge in [-0.15, -0.1) is 0 Å². The number of rotatable bonds is 4. The van der Waals surface area contributed by atoms with E-state index in [4.69, 9.17) is 21.2 Å². The number of nitrogens with two attached hydrogens (primary N) is 1. The van der Waals surface area contributed by atoms with Crippen LogP contribution in [-0.2, 0) is 0 Å². The van der Waals surface area contributed by atoms with Crippen LogP contribution in [0.25, 0.3) is 0 Å². The zero-order chi connectivity index (χ0) is 11.3. The van der Waals surface area contributed by atoms with Gasteiger partial charge < -0.3 is 21.3 Å². The molecule has 5 heteroatoms. The first kappa shape index (κ1) is 11.3. The van der Waals surface area contributed by atoms with Gasteiger partial charge in [-0.2, -0.15) is 5.26 Å². The molecule has 0 heterocycles. The van der Waals surface area contributed by atoms with Crippen molar-refractivity contribution in [3.05, 3.63) is 23.8 Å². The van der Waals surface area contributed by atoms with Crippen molar-refractivity contribution >= 4 is 11.4 Å². The number of hydrogen-bond acceptors (Lipinski definition) is 5. The van der Waals surface area contributed by atoms with Crippen LogP contribution >= 0.6 is 0 Å². The Balaban J connectivity index is 2.90. The highest BCUT2D eigenvalue weighted by Crippen LogP contribution is 2.18. The van der Waals surface area contributed by atoms with Crippen molar-refractivity contribution in [3.8, 4) is 6.07 Å². The Morgan fingerprint density at radius 1 is 1.40 bits per heavy atom. The molecule has 0 aliphatic carbocycles. The highest BCUT2D eigenvalue weighted by molar-refractivity contribution is 5.63. The van der Waals surface area contributed by atoms with Crippen LogP contribution in [0.4, 0.5) is 11.4 Å². The minimum atomic E-state index is -0.472. The fraction of sp³-hybridized carbons (Fsp3) is 0.300. The molecule has 15 heavy (non-hydrogen) atoms. The number of hydrogen-bond donors (Lipinski definition) is 4. The average Bonchev–Trinajstić information content (AvgIpc) is 2.27. The van der Waals surface area contributed by atoms with E-state index in [-0.39, 0.29) is 13.2 Å². The first-order chi connectivity index (χ1) is 7.21. The number of benzene rings is 1. The molecule has 5 nitrogen and oxygen atoms in total. The van der Waals surface area contributed by atoms with Gasteiger partial charge in [0.1, 0.15) is 6.07 Å². The smallest absolute Gasteiger partial charge is 0.101 e. The third-order valence-corrected chi connectivity index (χ3v) is 1.96. The van der Waals surface area contributed by atoms with Crippen molar-refractivity contribution in [1.82, 2.24) is 0 Å². The average molecular weight is 207 g/mol. The van der Waals surface area contributed by atoms with E-state index in [2.05, 4.69) is 5.32 Å². The molecule has 0 spiro atoms. The normalized spacial score (nSPS) is 10.0. The van der Waals surface area contributed by atoms with E-state index in [1.54, 1.807) is 12.1 Å². The van der Waals surface area contributed by atoms with Crippen molar-refractivity contribution in [3.63, 3.8) is 0 Å². The lowest BCUT2D eigenvalue weighted by Crippen LogP contribution is -2.28. The molecule has 1 aromatic rings. The predicted molar refractivity (Wildman–Crippen MR) is 57.2 cm³/mol. The highest BCUT2D eigenvalue weighted by Gasteiger charge is 2.08. The quantitative estimate of drug-likeness (QED) is 0.516. The third kappa shape index (κ3) is 2.84. The second-order valence-electron chi connectivity index (χ2n) is 3.12. The third-order valence-electron chi connectivity index (χ3n) is 1.96. The van der Waals surface area contributed by atoms with E-state index in [9.17, 15) is 0 Å². The van der Waals surface area contributed by atoms with Crippen LogP contribution in [0.1, 0.15) is 5.56 Å². The van der Waals surface area contributed by atoms with Gasteiger partial charge in [0.25, 0.3) is 0 Å². The van der Waals surface area contributed by atoms with Crippen LogP contribution in [0, 0.1) is 11.3 Å². The summed E-state index contributed by atoms with van der Waals surface area (Å²) in [4.78, 5) is 0. The Morgan fingerprint density at radius 3 is 2.60 bits per heavy atom. The maximum absolute atomic E-state index is 8.88. The number of aliphatic hydroxyl groups is 2. The van der Waals surface area contributed by atoms with Gasteiger partial charge in [-0.3, -0.25) is 0 Å². The molecule has 1 aromatic carbocycles. The summed E-state index contributed by atoms with van der Waals surface area (Å²) in [6, 6.07) is 6.34. The lowest BCUT2D eigenvalue weighted by atomic mass is 10.1. The molecule has 0 bridgehead atoms. The molecule has 0 amide bonds. The Hall–Kier alpha value is -1.77. The van der Waals surface area contributed by atoms with E-state index in [1.807, 2.05) is 6.07 Å². The van der Waals surface area contributed by atoms with Crippen molar-refractivity contribution < 1.29 is 10.2 Å². The molecule has 0 aromatic heterocycles. The molecule has 0 fully saturated rings. The minimum Gasteiger partial charge on any atom is -0.399 e. The molecule has 5 N–H and O–H groups in total. The molecular formula is C10H13N3O2. The molecule has 1 rings (SSSR count). The molecule has 0 aliphatic rings. The first-order valence-corrected chi connectivity index (χ1v) is 4.49. The van der Waals surface area contributed by atoms with Crippen molar-refractivity contribution in [1.29, 1.82) is 5.26 Å². The molecule has 0 aliphatic heterocycles. The van der Waals surface area contributed by atoms with Crippen LogP contribution < -0.4 is 11.1 Å². The summed E-state index contributed by atoms with van der Waals surface area (Å²) in [7, 11) is 0. The van der Waals surface area contributed by atoms with Crippen LogP contribution in [0.2, 0.25) is 0 Å². The molecule has 0 radical (unpaired) electrons. The summed E-state index contributed by atoms with van der Waals surface area (Å²) in [5, 5.41) is 29.4. The lowest BCUT2D eigenvalue weighted by molar-refractivity contribution is 0.204. The number of nitrogens with one attached hydrogen (secondary N) is 1. The zero-order valence-corrected chi connectivity index (χ0v) is 8.14. The van der Waals surface area contributed by atoms with Crippen LogP contribution in [0.3, 0.4) is 0 Å². The van der Waals surface area contributed by atoms with Crippen molar-refractivity contribution in [2.24, 2.45) is 0 Å². The van der Waals surface area contributed by atoms with E-state index in [0.717, 1.165) is 0 Å². The summed E-state index contributed by atoms with van der Waals surface area (Å²) in [5.41, 5.74) is 6.97.